The fourth-order valence-electron chi connectivity index (χ4n) is 3.25. The van der Waals surface area contributed by atoms with Gasteiger partial charge in [-0.2, -0.15) is 0 Å². The van der Waals surface area contributed by atoms with Gasteiger partial charge in [-0.05, 0) is 50.6 Å². The maximum absolute atomic E-state index is 12.0. The molecule has 1 amide bonds. The summed E-state index contributed by atoms with van der Waals surface area (Å²) in [5, 5.41) is 3.02. The van der Waals surface area contributed by atoms with Gasteiger partial charge in [0.1, 0.15) is 5.75 Å². The molecule has 1 N–H and O–H groups in total. The summed E-state index contributed by atoms with van der Waals surface area (Å²) in [6.07, 6.45) is 8.25. The van der Waals surface area contributed by atoms with Crippen molar-refractivity contribution in [3.8, 4) is 5.75 Å². The second-order valence-corrected chi connectivity index (χ2v) is 6.50. The Morgan fingerprint density at radius 3 is 2.57 bits per heavy atom. The van der Waals surface area contributed by atoms with Gasteiger partial charge in [0.15, 0.2) is 0 Å². The van der Waals surface area contributed by atoms with Gasteiger partial charge in [0, 0.05) is 12.6 Å². The zero-order chi connectivity index (χ0) is 16.5. The van der Waals surface area contributed by atoms with Crippen LogP contribution < -0.4 is 10.1 Å². The molecule has 1 saturated carbocycles. The molecule has 0 bridgehead atoms. The molecule has 0 aliphatic heterocycles. The second kappa shape index (κ2) is 9.56. The Kier molecular flexibility index (Phi) is 7.40. The van der Waals surface area contributed by atoms with Gasteiger partial charge >= 0.3 is 0 Å². The molecular weight excluding hydrogens is 288 g/mol. The predicted molar refractivity (Wildman–Crippen MR) is 93.8 cm³/mol. The van der Waals surface area contributed by atoms with Gasteiger partial charge in [-0.1, -0.05) is 31.4 Å². The lowest BCUT2D eigenvalue weighted by Gasteiger charge is -2.31. The van der Waals surface area contributed by atoms with Crippen molar-refractivity contribution >= 4 is 5.91 Å². The Balaban J connectivity index is 1.60. The smallest absolute Gasteiger partial charge is 0.224 e. The van der Waals surface area contributed by atoms with Crippen molar-refractivity contribution in [3.63, 3.8) is 0 Å². The Labute approximate surface area is 140 Å². The first-order valence-corrected chi connectivity index (χ1v) is 8.79. The lowest BCUT2D eigenvalue weighted by molar-refractivity contribution is -0.120. The molecule has 1 fully saturated rings. The van der Waals surface area contributed by atoms with Gasteiger partial charge in [0.05, 0.1) is 13.5 Å². The first-order chi connectivity index (χ1) is 11.2. The molecule has 23 heavy (non-hydrogen) atoms. The summed E-state index contributed by atoms with van der Waals surface area (Å²) >= 11 is 0. The molecule has 4 heteroatoms. The Bertz CT molecular complexity index is 467. The molecule has 0 atom stereocenters. The van der Waals surface area contributed by atoms with Gasteiger partial charge < -0.3 is 15.0 Å². The number of nitrogens with one attached hydrogen (secondary N) is 1. The lowest BCUT2D eigenvalue weighted by atomic mass is 9.94. The normalized spacial score (nSPS) is 15.6. The number of amides is 1. The van der Waals surface area contributed by atoms with Gasteiger partial charge in [0.2, 0.25) is 5.91 Å². The predicted octanol–water partition coefficient (Wildman–Crippen LogP) is 3.01. The van der Waals surface area contributed by atoms with Crippen molar-refractivity contribution in [1.29, 1.82) is 0 Å². The Morgan fingerprint density at radius 2 is 1.91 bits per heavy atom. The minimum absolute atomic E-state index is 0.0930. The van der Waals surface area contributed by atoms with Crippen LogP contribution in [0.2, 0.25) is 0 Å². The molecule has 1 aliphatic rings. The van der Waals surface area contributed by atoms with Crippen LogP contribution in [0.4, 0.5) is 0 Å². The molecule has 128 valence electrons. The quantitative estimate of drug-likeness (QED) is 0.749. The Hall–Kier alpha value is -1.55. The third-order valence-electron chi connectivity index (χ3n) is 4.73. The summed E-state index contributed by atoms with van der Waals surface area (Å²) in [7, 11) is 3.86. The van der Waals surface area contributed by atoms with Gasteiger partial charge in [0.25, 0.3) is 0 Å². The van der Waals surface area contributed by atoms with Crippen molar-refractivity contribution in [2.75, 3.05) is 27.2 Å². The molecule has 0 aromatic heterocycles. The molecule has 4 nitrogen and oxygen atoms in total. The zero-order valence-electron chi connectivity index (χ0n) is 14.5. The molecule has 2 rings (SSSR count). The average molecular weight is 318 g/mol. The number of rotatable bonds is 8. The largest absolute Gasteiger partial charge is 0.497 e. The fraction of sp³-hybridized carbons (Fsp3) is 0.632. The van der Waals surface area contributed by atoms with Gasteiger partial charge in [-0.3, -0.25) is 4.79 Å². The molecule has 1 aromatic carbocycles. The molecule has 0 saturated heterocycles. The third-order valence-corrected chi connectivity index (χ3v) is 4.73. The molecule has 0 unspecified atom stereocenters. The molecule has 0 spiro atoms. The van der Waals surface area contributed by atoms with E-state index in [4.69, 9.17) is 4.74 Å². The average Bonchev–Trinajstić information content (AvgIpc) is 2.60. The molecule has 1 aliphatic carbocycles. The molecule has 0 radical (unpaired) electrons. The van der Waals surface area contributed by atoms with Crippen molar-refractivity contribution in [1.82, 2.24) is 10.2 Å². The van der Waals surface area contributed by atoms with Crippen LogP contribution in [0, 0.1) is 0 Å². The zero-order valence-corrected chi connectivity index (χ0v) is 14.5. The number of hydrogen-bond acceptors (Lipinski definition) is 3. The number of carbonyl (C=O) groups excluding carboxylic acids is 1. The number of hydrogen-bond donors (Lipinski definition) is 1. The van der Waals surface area contributed by atoms with Crippen LogP contribution in [-0.4, -0.2) is 44.1 Å². The standard InChI is InChI=1S/C19H30N2O2/c1-21(17-7-4-3-5-8-17)14-6-13-20-19(22)15-16-9-11-18(23-2)12-10-16/h9-12,17H,3-8,13-15H2,1-2H3,(H,20,22). The van der Waals surface area contributed by atoms with Crippen molar-refractivity contribution in [2.24, 2.45) is 0 Å². The van der Waals surface area contributed by atoms with Gasteiger partial charge in [-0.25, -0.2) is 0 Å². The second-order valence-electron chi connectivity index (χ2n) is 6.50. The van der Waals surface area contributed by atoms with Crippen LogP contribution in [0.25, 0.3) is 0 Å². The van der Waals surface area contributed by atoms with Crippen LogP contribution in [0.1, 0.15) is 44.1 Å². The monoisotopic (exact) mass is 318 g/mol. The van der Waals surface area contributed by atoms with Crippen molar-refractivity contribution in [2.45, 2.75) is 51.0 Å². The van der Waals surface area contributed by atoms with Crippen LogP contribution in [-0.2, 0) is 11.2 Å². The molecular formula is C19H30N2O2. The summed E-state index contributed by atoms with van der Waals surface area (Å²) in [6.45, 7) is 1.82. The summed E-state index contributed by atoms with van der Waals surface area (Å²) in [6, 6.07) is 8.41. The topological polar surface area (TPSA) is 41.6 Å². The third kappa shape index (κ3) is 6.22. The summed E-state index contributed by atoms with van der Waals surface area (Å²) in [5.74, 6) is 0.912. The fourth-order valence-corrected chi connectivity index (χ4v) is 3.25. The number of ether oxygens (including phenoxy) is 1. The molecule has 0 heterocycles. The number of methoxy groups -OCH3 is 1. The van der Waals surface area contributed by atoms with Crippen LogP contribution in [0.3, 0.4) is 0 Å². The summed E-state index contributed by atoms with van der Waals surface area (Å²) in [5.41, 5.74) is 1.02. The highest BCUT2D eigenvalue weighted by molar-refractivity contribution is 5.78. The summed E-state index contributed by atoms with van der Waals surface area (Å²) < 4.78 is 5.12. The van der Waals surface area contributed by atoms with Crippen LogP contribution >= 0.6 is 0 Å². The molecule has 1 aromatic rings. The van der Waals surface area contributed by atoms with E-state index in [1.54, 1.807) is 7.11 Å². The van der Waals surface area contributed by atoms with E-state index in [1.165, 1.54) is 32.1 Å². The highest BCUT2D eigenvalue weighted by atomic mass is 16.5. The maximum atomic E-state index is 12.0. The number of benzene rings is 1. The lowest BCUT2D eigenvalue weighted by Crippen LogP contribution is -2.36. The SMILES string of the molecule is COc1ccc(CC(=O)NCCCN(C)C2CCCCC2)cc1. The van der Waals surface area contributed by atoms with E-state index in [9.17, 15) is 4.79 Å². The highest BCUT2D eigenvalue weighted by Crippen LogP contribution is 2.21. The van der Waals surface area contributed by atoms with E-state index >= 15 is 0 Å². The van der Waals surface area contributed by atoms with E-state index in [0.29, 0.717) is 6.42 Å². The first kappa shape index (κ1) is 17.8. The van der Waals surface area contributed by atoms with E-state index in [1.807, 2.05) is 24.3 Å². The van der Waals surface area contributed by atoms with E-state index in [2.05, 4.69) is 17.3 Å². The highest BCUT2D eigenvalue weighted by Gasteiger charge is 2.17. The van der Waals surface area contributed by atoms with E-state index in [0.717, 1.165) is 36.9 Å². The van der Waals surface area contributed by atoms with Crippen LogP contribution in [0.15, 0.2) is 24.3 Å². The first-order valence-electron chi connectivity index (χ1n) is 8.79. The van der Waals surface area contributed by atoms with Crippen molar-refractivity contribution in [3.05, 3.63) is 29.8 Å². The van der Waals surface area contributed by atoms with Crippen LogP contribution in [0.5, 0.6) is 5.75 Å². The van der Waals surface area contributed by atoms with Crippen molar-refractivity contribution < 1.29 is 9.53 Å². The van der Waals surface area contributed by atoms with Gasteiger partial charge in [-0.15, -0.1) is 0 Å². The van der Waals surface area contributed by atoms with E-state index < -0.39 is 0 Å². The minimum atomic E-state index is 0.0930. The number of carbonyl (C=O) groups is 1. The minimum Gasteiger partial charge on any atom is -0.497 e. The van der Waals surface area contributed by atoms with E-state index in [-0.39, 0.29) is 5.91 Å². The Morgan fingerprint density at radius 1 is 1.22 bits per heavy atom. The summed E-state index contributed by atoms with van der Waals surface area (Å²) in [4.78, 5) is 14.4. The maximum Gasteiger partial charge on any atom is 0.224 e. The number of nitrogens with zero attached hydrogens (tertiary/aromatic N) is 1.